The van der Waals surface area contributed by atoms with Crippen molar-refractivity contribution in [2.24, 2.45) is 5.73 Å². The Bertz CT molecular complexity index is 514. The van der Waals surface area contributed by atoms with Gasteiger partial charge in [-0.25, -0.2) is 9.59 Å². The van der Waals surface area contributed by atoms with E-state index in [0.717, 1.165) is 0 Å². The molecule has 0 spiro atoms. The maximum Gasteiger partial charge on any atom is 0.328 e. The minimum atomic E-state index is -1.45. The van der Waals surface area contributed by atoms with Gasteiger partial charge in [-0.1, -0.05) is 30.3 Å². The summed E-state index contributed by atoms with van der Waals surface area (Å²) in [4.78, 5) is 34.2. The van der Waals surface area contributed by atoms with Gasteiger partial charge in [0, 0.05) is 0 Å². The van der Waals surface area contributed by atoms with Gasteiger partial charge in [0.1, 0.15) is 11.6 Å². The molecule has 108 valence electrons. The van der Waals surface area contributed by atoms with Crippen molar-refractivity contribution in [2.75, 3.05) is 0 Å². The molecule has 1 aromatic rings. The van der Waals surface area contributed by atoms with Crippen molar-refractivity contribution in [3.05, 3.63) is 35.9 Å². The third kappa shape index (κ3) is 3.98. The van der Waals surface area contributed by atoms with Gasteiger partial charge >= 0.3 is 12.0 Å². The van der Waals surface area contributed by atoms with Crippen LogP contribution in [0.3, 0.4) is 0 Å². The topological polar surface area (TPSA) is 122 Å². The predicted octanol–water partition coefficient (Wildman–Crippen LogP) is 0.375. The van der Waals surface area contributed by atoms with Crippen LogP contribution in [0.15, 0.2) is 30.3 Å². The Labute approximate surface area is 116 Å². The number of amides is 3. The van der Waals surface area contributed by atoms with Gasteiger partial charge in [-0.05, 0) is 19.4 Å². The van der Waals surface area contributed by atoms with E-state index in [4.69, 9.17) is 10.8 Å². The summed E-state index contributed by atoms with van der Waals surface area (Å²) < 4.78 is 0. The minimum Gasteiger partial charge on any atom is -0.480 e. The first-order valence-electron chi connectivity index (χ1n) is 5.90. The van der Waals surface area contributed by atoms with Gasteiger partial charge in [-0.15, -0.1) is 0 Å². The van der Waals surface area contributed by atoms with E-state index in [9.17, 15) is 14.4 Å². The molecule has 0 aromatic heterocycles. The maximum atomic E-state index is 12.2. The normalized spacial score (nSPS) is 12.3. The lowest BCUT2D eigenvalue weighted by atomic mass is 10.0. The summed E-state index contributed by atoms with van der Waals surface area (Å²) in [6, 6.07) is 6.49. The van der Waals surface area contributed by atoms with Crippen LogP contribution >= 0.6 is 0 Å². The molecule has 0 saturated carbocycles. The van der Waals surface area contributed by atoms with Crippen LogP contribution in [0.25, 0.3) is 0 Å². The second-order valence-corrected chi connectivity index (χ2v) is 4.77. The Hall–Kier alpha value is -2.57. The first-order valence-corrected chi connectivity index (χ1v) is 5.90. The fourth-order valence-electron chi connectivity index (χ4n) is 1.52. The fraction of sp³-hybridized carbons (Fsp3) is 0.308. The summed E-state index contributed by atoms with van der Waals surface area (Å²) in [7, 11) is 0. The summed E-state index contributed by atoms with van der Waals surface area (Å²) in [5.74, 6) is -1.83. The molecule has 1 aromatic carbocycles. The number of carboxylic acid groups (broad SMARTS) is 1. The molecule has 0 saturated heterocycles. The van der Waals surface area contributed by atoms with Crippen molar-refractivity contribution < 1.29 is 19.5 Å². The van der Waals surface area contributed by atoms with E-state index in [0.29, 0.717) is 5.56 Å². The lowest BCUT2D eigenvalue weighted by Crippen LogP contribution is -2.53. The Morgan fingerprint density at radius 1 is 1.20 bits per heavy atom. The van der Waals surface area contributed by atoms with E-state index in [-0.39, 0.29) is 0 Å². The Morgan fingerprint density at radius 2 is 1.75 bits per heavy atom. The summed E-state index contributed by atoms with van der Waals surface area (Å²) in [5.41, 5.74) is 4.10. The van der Waals surface area contributed by atoms with E-state index >= 15 is 0 Å². The van der Waals surface area contributed by atoms with Gasteiger partial charge in [-0.3, -0.25) is 4.79 Å². The number of nitrogens with two attached hydrogens (primary N) is 1. The average molecular weight is 279 g/mol. The maximum absolute atomic E-state index is 12.2. The molecule has 1 unspecified atom stereocenters. The van der Waals surface area contributed by atoms with E-state index < -0.39 is 29.5 Å². The highest BCUT2D eigenvalue weighted by Crippen LogP contribution is 2.14. The zero-order valence-corrected chi connectivity index (χ0v) is 11.2. The van der Waals surface area contributed by atoms with Crippen molar-refractivity contribution in [3.8, 4) is 0 Å². The van der Waals surface area contributed by atoms with Crippen molar-refractivity contribution in [1.82, 2.24) is 10.6 Å². The van der Waals surface area contributed by atoms with Crippen LogP contribution in [0.4, 0.5) is 4.79 Å². The standard InChI is InChI=1S/C13H17N3O4/c1-13(2,11(18)19)16-10(17)9(15-12(14)20)8-6-4-3-5-7-8/h3-7,9H,1-2H3,(H,16,17)(H,18,19)(H3,14,15,20). The van der Waals surface area contributed by atoms with Crippen LogP contribution in [0, 0.1) is 0 Å². The zero-order chi connectivity index (χ0) is 15.3. The molecule has 0 bridgehead atoms. The van der Waals surface area contributed by atoms with Gasteiger partial charge < -0.3 is 21.5 Å². The molecule has 5 N–H and O–H groups in total. The zero-order valence-electron chi connectivity index (χ0n) is 11.2. The van der Waals surface area contributed by atoms with Gasteiger partial charge in [0.2, 0.25) is 5.91 Å². The van der Waals surface area contributed by atoms with Crippen molar-refractivity contribution in [3.63, 3.8) is 0 Å². The molecule has 7 nitrogen and oxygen atoms in total. The third-order valence-corrected chi connectivity index (χ3v) is 2.65. The number of benzene rings is 1. The van der Waals surface area contributed by atoms with Crippen LogP contribution < -0.4 is 16.4 Å². The van der Waals surface area contributed by atoms with Gasteiger partial charge in [0.05, 0.1) is 0 Å². The van der Waals surface area contributed by atoms with Crippen LogP contribution in [-0.4, -0.2) is 28.6 Å². The third-order valence-electron chi connectivity index (χ3n) is 2.65. The van der Waals surface area contributed by atoms with Crippen LogP contribution in [0.5, 0.6) is 0 Å². The van der Waals surface area contributed by atoms with Crippen LogP contribution in [0.2, 0.25) is 0 Å². The molecule has 3 amide bonds. The molecule has 0 heterocycles. The molecule has 0 radical (unpaired) electrons. The number of carbonyl (C=O) groups is 3. The van der Waals surface area contributed by atoms with Gasteiger partial charge in [-0.2, -0.15) is 0 Å². The Morgan fingerprint density at radius 3 is 2.20 bits per heavy atom. The molecular weight excluding hydrogens is 262 g/mol. The van der Waals surface area contributed by atoms with Crippen molar-refractivity contribution in [1.29, 1.82) is 0 Å². The summed E-state index contributed by atoms with van der Waals surface area (Å²) in [6.07, 6.45) is 0. The number of hydrogen-bond acceptors (Lipinski definition) is 3. The molecule has 0 aliphatic carbocycles. The fourth-order valence-corrected chi connectivity index (χ4v) is 1.52. The lowest BCUT2D eigenvalue weighted by Gasteiger charge is -2.25. The molecule has 7 heteroatoms. The number of carbonyl (C=O) groups excluding carboxylic acids is 2. The molecule has 1 atom stereocenters. The molecule has 0 aliphatic rings. The second-order valence-electron chi connectivity index (χ2n) is 4.77. The number of rotatable bonds is 5. The molecule has 20 heavy (non-hydrogen) atoms. The highest BCUT2D eigenvalue weighted by molar-refractivity contribution is 5.92. The summed E-state index contributed by atoms with van der Waals surface area (Å²) in [5, 5.41) is 13.6. The first kappa shape index (κ1) is 15.5. The number of aliphatic carboxylic acids is 1. The second kappa shape index (κ2) is 6.05. The van der Waals surface area contributed by atoms with Crippen molar-refractivity contribution >= 4 is 17.9 Å². The van der Waals surface area contributed by atoms with Gasteiger partial charge in [0.15, 0.2) is 0 Å². The molecule has 0 aliphatic heterocycles. The molecule has 0 fully saturated rings. The summed E-state index contributed by atoms with van der Waals surface area (Å²) >= 11 is 0. The highest BCUT2D eigenvalue weighted by atomic mass is 16.4. The number of hydrogen-bond donors (Lipinski definition) is 4. The Balaban J connectivity index is 2.98. The number of nitrogens with one attached hydrogen (secondary N) is 2. The SMILES string of the molecule is CC(C)(NC(=O)C(NC(N)=O)c1ccccc1)C(=O)O. The van der Waals surface area contributed by atoms with Gasteiger partial charge in [0.25, 0.3) is 0 Å². The number of carboxylic acids is 1. The largest absolute Gasteiger partial charge is 0.480 e. The van der Waals surface area contributed by atoms with Crippen LogP contribution in [-0.2, 0) is 9.59 Å². The molecule has 1 rings (SSSR count). The lowest BCUT2D eigenvalue weighted by molar-refractivity contribution is -0.146. The first-order chi connectivity index (χ1) is 9.24. The van der Waals surface area contributed by atoms with E-state index in [1.54, 1.807) is 30.3 Å². The number of primary amides is 1. The predicted molar refractivity (Wildman–Crippen MR) is 71.8 cm³/mol. The quantitative estimate of drug-likeness (QED) is 0.622. The van der Waals surface area contributed by atoms with Crippen molar-refractivity contribution in [2.45, 2.75) is 25.4 Å². The highest BCUT2D eigenvalue weighted by Gasteiger charge is 2.32. The van der Waals surface area contributed by atoms with Crippen LogP contribution in [0.1, 0.15) is 25.5 Å². The molecular formula is C13H17N3O4. The van der Waals surface area contributed by atoms with E-state index in [2.05, 4.69) is 10.6 Å². The van der Waals surface area contributed by atoms with E-state index in [1.807, 2.05) is 0 Å². The minimum absolute atomic E-state index is 0.505. The average Bonchev–Trinajstić information content (AvgIpc) is 2.36. The number of urea groups is 1. The summed E-state index contributed by atoms with van der Waals surface area (Å²) in [6.45, 7) is 2.69. The monoisotopic (exact) mass is 279 g/mol. The smallest absolute Gasteiger partial charge is 0.328 e. The Kier molecular flexibility index (Phi) is 4.68. The van der Waals surface area contributed by atoms with E-state index in [1.165, 1.54) is 13.8 Å².